The highest BCUT2D eigenvalue weighted by atomic mass is 16.5. The number of aromatic nitrogens is 1. The van der Waals surface area contributed by atoms with Crippen LogP contribution in [0.4, 0.5) is 5.82 Å². The summed E-state index contributed by atoms with van der Waals surface area (Å²) in [5.41, 5.74) is 8.36. The van der Waals surface area contributed by atoms with Crippen molar-refractivity contribution in [1.82, 2.24) is 4.98 Å². The van der Waals surface area contributed by atoms with Crippen molar-refractivity contribution in [2.24, 2.45) is 10.9 Å². The lowest BCUT2D eigenvalue weighted by atomic mass is 10.1. The van der Waals surface area contributed by atoms with E-state index in [2.05, 4.69) is 15.0 Å². The maximum atomic E-state index is 8.94. The highest BCUT2D eigenvalue weighted by Crippen LogP contribution is 2.26. The molecule has 1 unspecified atom stereocenters. The zero-order valence-electron chi connectivity index (χ0n) is 11.6. The predicted molar refractivity (Wildman–Crippen MR) is 73.8 cm³/mol. The van der Waals surface area contributed by atoms with E-state index < -0.39 is 0 Å². The molecule has 2 rings (SSSR count). The Morgan fingerprint density at radius 2 is 2.32 bits per heavy atom. The van der Waals surface area contributed by atoms with E-state index >= 15 is 0 Å². The summed E-state index contributed by atoms with van der Waals surface area (Å²) in [6.07, 6.45) is 1.17. The molecule has 6 nitrogen and oxygen atoms in total. The van der Waals surface area contributed by atoms with Gasteiger partial charge in [-0.1, -0.05) is 5.16 Å². The van der Waals surface area contributed by atoms with Gasteiger partial charge in [-0.2, -0.15) is 0 Å². The van der Waals surface area contributed by atoms with Gasteiger partial charge in [0.25, 0.3) is 0 Å². The fraction of sp³-hybridized carbons (Fsp3) is 0.538. The van der Waals surface area contributed by atoms with Crippen LogP contribution in [-0.4, -0.2) is 42.3 Å². The van der Waals surface area contributed by atoms with Crippen LogP contribution < -0.4 is 10.6 Å². The molecule has 104 valence electrons. The van der Waals surface area contributed by atoms with Gasteiger partial charge in [0.05, 0.1) is 11.7 Å². The van der Waals surface area contributed by atoms with Gasteiger partial charge >= 0.3 is 0 Å². The first kappa shape index (κ1) is 13.6. The molecule has 0 aliphatic carbocycles. The highest BCUT2D eigenvalue weighted by molar-refractivity contribution is 6.02. The molecular weight excluding hydrogens is 244 g/mol. The SMILES string of the molecule is COC1CCN(c2nc(C)cc(C)c2/C(N)=N/O)C1. The van der Waals surface area contributed by atoms with Crippen LogP contribution in [0.1, 0.15) is 23.2 Å². The zero-order chi connectivity index (χ0) is 14.0. The van der Waals surface area contributed by atoms with Crippen LogP contribution in [0.5, 0.6) is 0 Å². The molecule has 19 heavy (non-hydrogen) atoms. The topological polar surface area (TPSA) is 84.0 Å². The summed E-state index contributed by atoms with van der Waals surface area (Å²) in [7, 11) is 1.72. The van der Waals surface area contributed by atoms with Gasteiger partial charge in [-0.15, -0.1) is 0 Å². The third-order valence-electron chi connectivity index (χ3n) is 3.47. The van der Waals surface area contributed by atoms with E-state index in [1.807, 2.05) is 19.9 Å². The minimum atomic E-state index is 0.0980. The van der Waals surface area contributed by atoms with Crippen molar-refractivity contribution in [3.05, 3.63) is 22.9 Å². The number of nitrogens with two attached hydrogens (primary N) is 1. The first-order chi connectivity index (χ1) is 9.06. The van der Waals surface area contributed by atoms with E-state index in [0.717, 1.165) is 36.6 Å². The second-order valence-electron chi connectivity index (χ2n) is 4.86. The smallest absolute Gasteiger partial charge is 0.174 e. The Balaban J connectivity index is 2.44. The maximum absolute atomic E-state index is 8.94. The maximum Gasteiger partial charge on any atom is 0.174 e. The molecule has 6 heteroatoms. The standard InChI is InChI=1S/C13H20N4O2/c1-8-6-9(2)15-13(11(8)12(14)16-18)17-5-4-10(7-17)19-3/h6,10,18H,4-5,7H2,1-3H3,(H2,14,16). The lowest BCUT2D eigenvalue weighted by Crippen LogP contribution is -2.28. The average molecular weight is 264 g/mol. The van der Waals surface area contributed by atoms with E-state index in [-0.39, 0.29) is 11.9 Å². The number of anilines is 1. The fourth-order valence-corrected chi connectivity index (χ4v) is 2.53. The van der Waals surface area contributed by atoms with Crippen molar-refractivity contribution in [3.63, 3.8) is 0 Å². The third-order valence-corrected chi connectivity index (χ3v) is 3.47. The lowest BCUT2D eigenvalue weighted by Gasteiger charge is -2.22. The molecule has 2 heterocycles. The summed E-state index contributed by atoms with van der Waals surface area (Å²) in [5.74, 6) is 0.869. The van der Waals surface area contributed by atoms with Crippen LogP contribution in [-0.2, 0) is 4.74 Å². The quantitative estimate of drug-likeness (QED) is 0.368. The Morgan fingerprint density at radius 3 is 2.89 bits per heavy atom. The van der Waals surface area contributed by atoms with Crippen molar-refractivity contribution in [1.29, 1.82) is 0 Å². The number of methoxy groups -OCH3 is 1. The van der Waals surface area contributed by atoms with Crippen molar-refractivity contribution < 1.29 is 9.94 Å². The monoisotopic (exact) mass is 264 g/mol. The molecule has 1 aliphatic rings. The lowest BCUT2D eigenvalue weighted by molar-refractivity contribution is 0.121. The molecule has 0 spiro atoms. The highest BCUT2D eigenvalue weighted by Gasteiger charge is 2.26. The van der Waals surface area contributed by atoms with Gasteiger partial charge in [0.1, 0.15) is 5.82 Å². The number of rotatable bonds is 3. The molecule has 0 saturated carbocycles. The largest absolute Gasteiger partial charge is 0.409 e. The van der Waals surface area contributed by atoms with Crippen LogP contribution in [0.3, 0.4) is 0 Å². The number of amidine groups is 1. The van der Waals surface area contributed by atoms with E-state index in [4.69, 9.17) is 15.7 Å². The van der Waals surface area contributed by atoms with Crippen molar-refractivity contribution in [2.45, 2.75) is 26.4 Å². The predicted octanol–water partition coefficient (Wildman–Crippen LogP) is 1.02. The number of hydrogen-bond acceptors (Lipinski definition) is 5. The second-order valence-corrected chi connectivity index (χ2v) is 4.86. The summed E-state index contributed by atoms with van der Waals surface area (Å²) >= 11 is 0. The van der Waals surface area contributed by atoms with Gasteiger partial charge in [-0.25, -0.2) is 4.98 Å². The van der Waals surface area contributed by atoms with Crippen LogP contribution in [0.25, 0.3) is 0 Å². The Kier molecular flexibility index (Phi) is 3.90. The summed E-state index contributed by atoms with van der Waals surface area (Å²) in [6.45, 7) is 5.52. The van der Waals surface area contributed by atoms with E-state index in [9.17, 15) is 0 Å². The van der Waals surface area contributed by atoms with Crippen LogP contribution in [0.2, 0.25) is 0 Å². The van der Waals surface area contributed by atoms with Crippen LogP contribution in [0.15, 0.2) is 11.2 Å². The summed E-state index contributed by atoms with van der Waals surface area (Å²) in [6, 6.07) is 1.93. The first-order valence-corrected chi connectivity index (χ1v) is 6.30. The number of nitrogens with zero attached hydrogens (tertiary/aromatic N) is 3. The Bertz CT molecular complexity index is 502. The second kappa shape index (κ2) is 5.44. The van der Waals surface area contributed by atoms with E-state index in [1.165, 1.54) is 0 Å². The Morgan fingerprint density at radius 1 is 1.58 bits per heavy atom. The average Bonchev–Trinajstić information content (AvgIpc) is 2.85. The van der Waals surface area contributed by atoms with E-state index in [0.29, 0.717) is 5.56 Å². The van der Waals surface area contributed by atoms with Gasteiger partial charge in [-0.3, -0.25) is 0 Å². The van der Waals surface area contributed by atoms with Crippen molar-refractivity contribution >= 4 is 11.7 Å². The molecule has 1 aromatic rings. The first-order valence-electron chi connectivity index (χ1n) is 6.30. The minimum absolute atomic E-state index is 0.0980. The molecule has 1 atom stereocenters. The Labute approximate surface area is 112 Å². The molecular formula is C13H20N4O2. The van der Waals surface area contributed by atoms with Gasteiger partial charge in [0.15, 0.2) is 5.84 Å². The molecule has 3 N–H and O–H groups in total. The molecule has 1 aliphatic heterocycles. The molecule has 0 amide bonds. The molecule has 1 aromatic heterocycles. The van der Waals surface area contributed by atoms with Gasteiger partial charge in [0, 0.05) is 25.9 Å². The van der Waals surface area contributed by atoms with E-state index in [1.54, 1.807) is 7.11 Å². The minimum Gasteiger partial charge on any atom is -0.409 e. The summed E-state index contributed by atoms with van der Waals surface area (Å²) in [4.78, 5) is 6.68. The summed E-state index contributed by atoms with van der Waals surface area (Å²) < 4.78 is 5.37. The number of oxime groups is 1. The number of aryl methyl sites for hydroxylation is 2. The zero-order valence-corrected chi connectivity index (χ0v) is 11.6. The normalized spacial score (nSPS) is 20.1. The van der Waals surface area contributed by atoms with Gasteiger partial charge in [0.2, 0.25) is 0 Å². The number of pyridine rings is 1. The fourth-order valence-electron chi connectivity index (χ4n) is 2.53. The molecule has 0 aromatic carbocycles. The third kappa shape index (κ3) is 2.63. The molecule has 1 saturated heterocycles. The molecule has 0 radical (unpaired) electrons. The van der Waals surface area contributed by atoms with Crippen molar-refractivity contribution in [2.75, 3.05) is 25.1 Å². The van der Waals surface area contributed by atoms with Crippen molar-refractivity contribution in [3.8, 4) is 0 Å². The molecule has 1 fully saturated rings. The van der Waals surface area contributed by atoms with Gasteiger partial charge in [-0.05, 0) is 31.9 Å². The Hall–Kier alpha value is -1.82. The van der Waals surface area contributed by atoms with Crippen LogP contribution >= 0.6 is 0 Å². The number of ether oxygens (including phenoxy) is 1. The van der Waals surface area contributed by atoms with Crippen LogP contribution in [0, 0.1) is 13.8 Å². The molecule has 0 bridgehead atoms. The van der Waals surface area contributed by atoms with Gasteiger partial charge < -0.3 is 20.6 Å². The summed E-state index contributed by atoms with van der Waals surface area (Å²) in [5, 5.41) is 12.1. The number of hydrogen-bond donors (Lipinski definition) is 2.